The van der Waals surface area contributed by atoms with E-state index in [2.05, 4.69) is 5.32 Å². The van der Waals surface area contributed by atoms with E-state index in [0.29, 0.717) is 17.3 Å². The molecule has 0 aliphatic carbocycles. The van der Waals surface area contributed by atoms with Gasteiger partial charge in [-0.3, -0.25) is 4.79 Å². The zero-order valence-electron chi connectivity index (χ0n) is 13.8. The average molecular weight is 350 g/mol. The minimum absolute atomic E-state index is 0.165. The van der Waals surface area contributed by atoms with Gasteiger partial charge in [0.15, 0.2) is 6.10 Å². The number of benzene rings is 2. The van der Waals surface area contributed by atoms with Crippen molar-refractivity contribution in [1.29, 1.82) is 0 Å². The molecule has 0 aliphatic rings. The lowest BCUT2D eigenvalue weighted by atomic mass is 10.1. The van der Waals surface area contributed by atoms with Gasteiger partial charge in [0.05, 0.1) is 0 Å². The maximum absolute atomic E-state index is 12.8. The molecule has 5 heteroatoms. The monoisotopic (exact) mass is 349 g/mol. The van der Waals surface area contributed by atoms with Crippen molar-refractivity contribution < 1.29 is 13.9 Å². The maximum Gasteiger partial charge on any atom is 0.260 e. The highest BCUT2D eigenvalue weighted by molar-refractivity contribution is 6.31. The van der Waals surface area contributed by atoms with Crippen molar-refractivity contribution in [3.05, 3.63) is 64.4 Å². The van der Waals surface area contributed by atoms with Crippen molar-refractivity contribution in [2.75, 3.05) is 6.54 Å². The second kappa shape index (κ2) is 8.69. The summed E-state index contributed by atoms with van der Waals surface area (Å²) < 4.78 is 18.4. The van der Waals surface area contributed by atoms with Crippen molar-refractivity contribution in [2.24, 2.45) is 0 Å². The van der Waals surface area contributed by atoms with Crippen LogP contribution in [0.1, 0.15) is 24.5 Å². The normalized spacial score (nSPS) is 11.8. The summed E-state index contributed by atoms with van der Waals surface area (Å²) in [5.41, 5.74) is 1.95. The summed E-state index contributed by atoms with van der Waals surface area (Å²) in [6.45, 7) is 4.14. The van der Waals surface area contributed by atoms with Crippen LogP contribution in [0.2, 0.25) is 5.02 Å². The fraction of sp³-hybridized carbons (Fsp3) is 0.316. The van der Waals surface area contributed by atoms with Crippen molar-refractivity contribution >= 4 is 17.5 Å². The molecule has 128 valence electrons. The fourth-order valence-electron chi connectivity index (χ4n) is 2.25. The molecule has 0 spiro atoms. The smallest absolute Gasteiger partial charge is 0.260 e. The van der Waals surface area contributed by atoms with Gasteiger partial charge in [0.2, 0.25) is 0 Å². The van der Waals surface area contributed by atoms with Crippen LogP contribution >= 0.6 is 11.6 Å². The highest BCUT2D eigenvalue weighted by atomic mass is 35.5. The molecule has 2 aromatic carbocycles. The molecule has 3 nitrogen and oxygen atoms in total. The number of rotatable bonds is 7. The Morgan fingerprint density at radius 1 is 1.25 bits per heavy atom. The van der Waals surface area contributed by atoms with Crippen LogP contribution in [-0.2, 0) is 11.2 Å². The lowest BCUT2D eigenvalue weighted by molar-refractivity contribution is -0.127. The second-order valence-corrected chi connectivity index (χ2v) is 6.10. The van der Waals surface area contributed by atoms with Crippen molar-refractivity contribution in [3.63, 3.8) is 0 Å². The number of aryl methyl sites for hydroxylation is 2. The molecule has 1 unspecified atom stereocenters. The Hall–Kier alpha value is -2.07. The maximum atomic E-state index is 12.8. The Kier molecular flexibility index (Phi) is 6.62. The summed E-state index contributed by atoms with van der Waals surface area (Å²) in [6.07, 6.45) is 0.979. The Morgan fingerprint density at radius 2 is 1.96 bits per heavy atom. The molecule has 0 fully saturated rings. The number of carbonyl (C=O) groups is 1. The lowest BCUT2D eigenvalue weighted by Gasteiger charge is -2.15. The molecular formula is C19H21ClFNO2. The molecule has 24 heavy (non-hydrogen) atoms. The molecule has 0 saturated carbocycles. The number of amides is 1. The highest BCUT2D eigenvalue weighted by Crippen LogP contribution is 2.21. The first-order valence-electron chi connectivity index (χ1n) is 7.90. The van der Waals surface area contributed by atoms with E-state index in [4.69, 9.17) is 16.3 Å². The van der Waals surface area contributed by atoms with Gasteiger partial charge in [0, 0.05) is 11.6 Å². The van der Waals surface area contributed by atoms with Gasteiger partial charge >= 0.3 is 0 Å². The van der Waals surface area contributed by atoms with Gasteiger partial charge in [-0.05, 0) is 68.1 Å². The zero-order valence-corrected chi connectivity index (χ0v) is 14.6. The highest BCUT2D eigenvalue weighted by Gasteiger charge is 2.14. The first-order valence-corrected chi connectivity index (χ1v) is 8.28. The molecule has 2 aromatic rings. The van der Waals surface area contributed by atoms with E-state index in [1.807, 2.05) is 6.92 Å². The summed E-state index contributed by atoms with van der Waals surface area (Å²) in [5, 5.41) is 3.51. The van der Waals surface area contributed by atoms with Gasteiger partial charge in [-0.15, -0.1) is 0 Å². The molecule has 0 heterocycles. The van der Waals surface area contributed by atoms with E-state index in [1.165, 1.54) is 12.1 Å². The largest absolute Gasteiger partial charge is 0.481 e. The topological polar surface area (TPSA) is 38.3 Å². The van der Waals surface area contributed by atoms with Gasteiger partial charge in [-0.25, -0.2) is 4.39 Å². The molecular weight excluding hydrogens is 329 g/mol. The van der Waals surface area contributed by atoms with Gasteiger partial charge in [-0.2, -0.15) is 0 Å². The van der Waals surface area contributed by atoms with Crippen LogP contribution in [0, 0.1) is 12.7 Å². The van der Waals surface area contributed by atoms with E-state index in [9.17, 15) is 9.18 Å². The van der Waals surface area contributed by atoms with Crippen LogP contribution in [0.5, 0.6) is 5.75 Å². The quantitative estimate of drug-likeness (QED) is 0.757. The van der Waals surface area contributed by atoms with Crippen LogP contribution < -0.4 is 10.1 Å². The zero-order chi connectivity index (χ0) is 17.5. The summed E-state index contributed by atoms with van der Waals surface area (Å²) in [4.78, 5) is 12.0. The third-order valence-corrected chi connectivity index (χ3v) is 4.09. The summed E-state index contributed by atoms with van der Waals surface area (Å²) >= 11 is 5.97. The van der Waals surface area contributed by atoms with Gasteiger partial charge in [0.25, 0.3) is 5.91 Å². The summed E-state index contributed by atoms with van der Waals surface area (Å²) in [7, 11) is 0. The van der Waals surface area contributed by atoms with E-state index in [-0.39, 0.29) is 11.7 Å². The first kappa shape index (κ1) is 18.3. The molecule has 0 aliphatic heterocycles. The number of nitrogens with one attached hydrogen (secondary N) is 1. The Labute approximate surface area is 146 Å². The molecule has 1 atom stereocenters. The van der Waals surface area contributed by atoms with Crippen LogP contribution in [0.3, 0.4) is 0 Å². The molecule has 0 aromatic heterocycles. The van der Waals surface area contributed by atoms with Crippen molar-refractivity contribution in [2.45, 2.75) is 32.8 Å². The Bertz CT molecular complexity index is 688. The van der Waals surface area contributed by atoms with Gasteiger partial charge in [-0.1, -0.05) is 23.7 Å². The van der Waals surface area contributed by atoms with E-state index in [1.54, 1.807) is 37.3 Å². The number of hydrogen-bond donors (Lipinski definition) is 1. The number of halogens is 2. The van der Waals surface area contributed by atoms with E-state index in [0.717, 1.165) is 24.0 Å². The number of carbonyl (C=O) groups excluding carboxylic acids is 1. The number of hydrogen-bond acceptors (Lipinski definition) is 2. The summed E-state index contributed by atoms with van der Waals surface area (Å²) in [5.74, 6) is 0.211. The molecule has 0 bridgehead atoms. The standard InChI is InChI=1S/C19H21ClFNO2/c1-13-12-17(9-10-18(13)20)24-14(2)19(23)22-11-3-4-15-5-7-16(21)8-6-15/h5-10,12,14H,3-4,11H2,1-2H3,(H,22,23). The second-order valence-electron chi connectivity index (χ2n) is 5.69. The minimum atomic E-state index is -0.587. The SMILES string of the molecule is Cc1cc(OC(C)C(=O)NCCCc2ccc(F)cc2)ccc1Cl. The predicted molar refractivity (Wildman–Crippen MR) is 94.0 cm³/mol. The molecule has 2 rings (SSSR count). The third-order valence-electron chi connectivity index (χ3n) is 3.67. The Morgan fingerprint density at radius 3 is 2.62 bits per heavy atom. The Balaban J connectivity index is 1.73. The molecule has 0 saturated heterocycles. The van der Waals surface area contributed by atoms with Crippen molar-refractivity contribution in [3.8, 4) is 5.75 Å². The van der Waals surface area contributed by atoms with Crippen LogP contribution in [0.4, 0.5) is 4.39 Å². The average Bonchev–Trinajstić information content (AvgIpc) is 2.56. The lowest BCUT2D eigenvalue weighted by Crippen LogP contribution is -2.36. The minimum Gasteiger partial charge on any atom is -0.481 e. The third kappa shape index (κ3) is 5.53. The predicted octanol–water partition coefficient (Wildman–Crippen LogP) is 4.30. The van der Waals surface area contributed by atoms with Crippen LogP contribution in [0.25, 0.3) is 0 Å². The van der Waals surface area contributed by atoms with E-state index < -0.39 is 6.10 Å². The van der Waals surface area contributed by atoms with Crippen LogP contribution in [0.15, 0.2) is 42.5 Å². The molecule has 0 radical (unpaired) electrons. The molecule has 1 N–H and O–H groups in total. The fourth-order valence-corrected chi connectivity index (χ4v) is 2.36. The van der Waals surface area contributed by atoms with E-state index >= 15 is 0 Å². The van der Waals surface area contributed by atoms with Crippen LogP contribution in [-0.4, -0.2) is 18.6 Å². The molecule has 1 amide bonds. The summed E-state index contributed by atoms with van der Waals surface area (Å²) in [6, 6.07) is 11.7. The van der Waals surface area contributed by atoms with Gasteiger partial charge < -0.3 is 10.1 Å². The van der Waals surface area contributed by atoms with Gasteiger partial charge in [0.1, 0.15) is 11.6 Å². The number of ether oxygens (including phenoxy) is 1. The van der Waals surface area contributed by atoms with Crippen molar-refractivity contribution in [1.82, 2.24) is 5.32 Å². The first-order chi connectivity index (χ1) is 11.5.